The van der Waals surface area contributed by atoms with Crippen LogP contribution >= 0.6 is 11.3 Å². The molecule has 3 aromatic rings. The quantitative estimate of drug-likeness (QED) is 0.359. The molecule has 1 aromatic heterocycles. The molecule has 9 heteroatoms. The van der Waals surface area contributed by atoms with E-state index in [1.165, 1.54) is 0 Å². The summed E-state index contributed by atoms with van der Waals surface area (Å²) in [6.45, 7) is 10.7. The van der Waals surface area contributed by atoms with Crippen molar-refractivity contribution in [3.05, 3.63) is 63.8 Å². The molecule has 2 atom stereocenters. The van der Waals surface area contributed by atoms with E-state index in [9.17, 15) is 4.79 Å². The summed E-state index contributed by atoms with van der Waals surface area (Å²) in [6, 6.07) is 9.86. The fourth-order valence-corrected chi connectivity index (χ4v) is 6.45. The number of carbonyl (C=O) groups excluding carboxylic acids is 1. The number of aromatic nitrogens is 1. The molecule has 5 rings (SSSR count). The molecule has 1 N–H and O–H groups in total. The molecular weight excluding hydrogens is 541 g/mol. The van der Waals surface area contributed by atoms with Crippen molar-refractivity contribution < 1.29 is 23.4 Å². The lowest BCUT2D eigenvalue weighted by atomic mass is 9.93. The van der Waals surface area contributed by atoms with Crippen molar-refractivity contribution in [2.75, 3.05) is 38.2 Å². The van der Waals surface area contributed by atoms with Gasteiger partial charge in [-0.3, -0.25) is 4.79 Å². The highest BCUT2D eigenvalue weighted by Crippen LogP contribution is 2.37. The van der Waals surface area contributed by atoms with Gasteiger partial charge in [0.2, 0.25) is 0 Å². The number of nitrogens with one attached hydrogen (secondary N) is 1. The molecule has 3 heterocycles. The number of ether oxygens (including phenoxy) is 3. The molecule has 0 spiro atoms. The van der Waals surface area contributed by atoms with E-state index in [2.05, 4.69) is 10.2 Å². The molecule has 1 saturated heterocycles. The topological polar surface area (TPSA) is 72.9 Å². The number of esters is 1. The van der Waals surface area contributed by atoms with Crippen LogP contribution in [0.5, 0.6) is 5.75 Å². The lowest BCUT2D eigenvalue weighted by molar-refractivity contribution is -0.165. The molecular formula is C32H40FN3O4S. The number of hydrogen-bond donors (Lipinski definition) is 1. The average Bonchev–Trinajstić information content (AvgIpc) is 3.30. The van der Waals surface area contributed by atoms with Crippen LogP contribution in [0.2, 0.25) is 0 Å². The van der Waals surface area contributed by atoms with E-state index in [1.54, 1.807) is 18.4 Å². The van der Waals surface area contributed by atoms with Crippen LogP contribution in [0.25, 0.3) is 11.3 Å². The Hall–Kier alpha value is -3.01. The van der Waals surface area contributed by atoms with Gasteiger partial charge in [-0.2, -0.15) is 0 Å². The SMILES string of the molecule is CO[C@@H]1CN(c2nc(-c3cccc(C)c3OCc3ccc4c(c3F)CCNCC4)cs2)CC[C@@H]1C(=O)OC(C)(C)C. The Morgan fingerprint density at radius 2 is 2.00 bits per heavy atom. The zero-order valence-electron chi connectivity index (χ0n) is 24.6. The Kier molecular flexibility index (Phi) is 8.97. The highest BCUT2D eigenvalue weighted by molar-refractivity contribution is 7.14. The van der Waals surface area contributed by atoms with Gasteiger partial charge in [-0.05, 0) is 82.8 Å². The summed E-state index contributed by atoms with van der Waals surface area (Å²) < 4.78 is 33.1. The Labute approximate surface area is 246 Å². The van der Waals surface area contributed by atoms with Crippen molar-refractivity contribution in [2.24, 2.45) is 5.92 Å². The molecule has 41 heavy (non-hydrogen) atoms. The Morgan fingerprint density at radius 3 is 2.78 bits per heavy atom. The third-order valence-corrected chi connectivity index (χ3v) is 8.64. The molecule has 2 aliphatic rings. The van der Waals surface area contributed by atoms with Crippen LogP contribution in [-0.4, -0.2) is 55.9 Å². The minimum absolute atomic E-state index is 0.148. The standard InChI is InChI=1S/C32H40FN3O4S/c1-20-7-6-8-24(29(20)39-18-22-10-9-21-11-14-34-15-12-23(21)28(22)33)26-19-41-31(35-26)36-16-13-25(27(17-36)38-5)30(37)40-32(2,3)4/h6-10,19,25,27,34H,11-18H2,1-5H3/t25-,27+/m0/s1. The fraction of sp³-hybridized carbons (Fsp3) is 0.500. The maximum Gasteiger partial charge on any atom is 0.312 e. The van der Waals surface area contributed by atoms with Gasteiger partial charge in [-0.15, -0.1) is 11.3 Å². The van der Waals surface area contributed by atoms with Gasteiger partial charge in [0.05, 0.1) is 17.7 Å². The summed E-state index contributed by atoms with van der Waals surface area (Å²) in [5.74, 6) is 0.0304. The number of thiazole rings is 1. The lowest BCUT2D eigenvalue weighted by Gasteiger charge is -2.37. The summed E-state index contributed by atoms with van der Waals surface area (Å²) in [7, 11) is 1.64. The normalized spacial score (nSPS) is 19.4. The number of hydrogen-bond acceptors (Lipinski definition) is 8. The second kappa shape index (κ2) is 12.5. The van der Waals surface area contributed by atoms with Gasteiger partial charge in [0.15, 0.2) is 5.13 Å². The molecule has 0 amide bonds. The molecule has 220 valence electrons. The zero-order valence-corrected chi connectivity index (χ0v) is 25.4. The predicted octanol–water partition coefficient (Wildman–Crippen LogP) is 5.71. The van der Waals surface area contributed by atoms with E-state index in [4.69, 9.17) is 19.2 Å². The molecule has 0 bridgehead atoms. The van der Waals surface area contributed by atoms with E-state index in [0.717, 1.165) is 52.6 Å². The zero-order chi connectivity index (χ0) is 29.1. The van der Waals surface area contributed by atoms with Crippen LogP contribution in [0.1, 0.15) is 49.4 Å². The third kappa shape index (κ3) is 6.74. The van der Waals surface area contributed by atoms with Gasteiger partial charge in [-0.25, -0.2) is 9.37 Å². The summed E-state index contributed by atoms with van der Waals surface area (Å²) in [4.78, 5) is 19.9. The van der Waals surface area contributed by atoms with E-state index in [-0.39, 0.29) is 30.4 Å². The van der Waals surface area contributed by atoms with Crippen LogP contribution in [0.15, 0.2) is 35.7 Å². The Morgan fingerprint density at radius 1 is 1.20 bits per heavy atom. The van der Waals surface area contributed by atoms with Crippen molar-refractivity contribution in [1.29, 1.82) is 0 Å². The van der Waals surface area contributed by atoms with Crippen LogP contribution in [0.4, 0.5) is 9.52 Å². The maximum absolute atomic E-state index is 15.4. The van der Waals surface area contributed by atoms with E-state index in [1.807, 2.05) is 63.4 Å². The number of para-hydroxylation sites is 1. The van der Waals surface area contributed by atoms with E-state index >= 15 is 4.39 Å². The van der Waals surface area contributed by atoms with Crippen LogP contribution in [0.3, 0.4) is 0 Å². The van der Waals surface area contributed by atoms with Crippen molar-refractivity contribution in [3.8, 4) is 17.0 Å². The summed E-state index contributed by atoms with van der Waals surface area (Å²) in [5, 5.41) is 6.23. The number of halogens is 1. The number of fused-ring (bicyclic) bond motifs is 1. The van der Waals surface area contributed by atoms with Crippen molar-refractivity contribution in [3.63, 3.8) is 0 Å². The van der Waals surface area contributed by atoms with Gasteiger partial charge in [0.1, 0.15) is 23.8 Å². The highest BCUT2D eigenvalue weighted by atomic mass is 32.1. The Balaban J connectivity index is 1.31. The maximum atomic E-state index is 15.4. The summed E-state index contributed by atoms with van der Waals surface area (Å²) in [6.07, 6.45) is 1.87. The first kappa shape index (κ1) is 29.5. The van der Waals surface area contributed by atoms with Crippen molar-refractivity contribution in [1.82, 2.24) is 10.3 Å². The van der Waals surface area contributed by atoms with Crippen molar-refractivity contribution >= 4 is 22.4 Å². The highest BCUT2D eigenvalue weighted by Gasteiger charge is 2.38. The third-order valence-electron chi connectivity index (χ3n) is 7.74. The summed E-state index contributed by atoms with van der Waals surface area (Å²) in [5.41, 5.74) is 4.56. The first-order valence-corrected chi connectivity index (χ1v) is 15.2. The number of methoxy groups -OCH3 is 1. The number of nitrogens with zero attached hydrogens (tertiary/aromatic N) is 2. The van der Waals surface area contributed by atoms with E-state index in [0.29, 0.717) is 37.2 Å². The van der Waals surface area contributed by atoms with Gasteiger partial charge in [0.25, 0.3) is 0 Å². The lowest BCUT2D eigenvalue weighted by Crippen LogP contribution is -2.49. The molecule has 7 nitrogen and oxygen atoms in total. The first-order chi connectivity index (χ1) is 19.6. The molecule has 0 saturated carbocycles. The van der Waals surface area contributed by atoms with Crippen molar-refractivity contribution in [2.45, 2.75) is 65.3 Å². The molecule has 0 unspecified atom stereocenters. The number of carbonyl (C=O) groups is 1. The minimum atomic E-state index is -0.535. The van der Waals surface area contributed by atoms with Gasteiger partial charge in [-0.1, -0.05) is 24.3 Å². The molecule has 2 aromatic carbocycles. The Bertz CT molecular complexity index is 1390. The van der Waals surface area contributed by atoms with E-state index < -0.39 is 5.60 Å². The first-order valence-electron chi connectivity index (χ1n) is 14.3. The molecule has 0 radical (unpaired) electrons. The van der Waals surface area contributed by atoms with Gasteiger partial charge in [0, 0.05) is 36.7 Å². The molecule has 1 fully saturated rings. The van der Waals surface area contributed by atoms with Gasteiger partial charge < -0.3 is 24.4 Å². The number of anilines is 1. The largest absolute Gasteiger partial charge is 0.488 e. The molecule has 2 aliphatic heterocycles. The second-order valence-electron chi connectivity index (χ2n) is 11.8. The van der Waals surface area contributed by atoms with Crippen LogP contribution < -0.4 is 15.0 Å². The fourth-order valence-electron chi connectivity index (χ4n) is 5.59. The van der Waals surface area contributed by atoms with Crippen LogP contribution in [0, 0.1) is 18.7 Å². The average molecular weight is 582 g/mol. The second-order valence-corrected chi connectivity index (χ2v) is 12.7. The smallest absolute Gasteiger partial charge is 0.312 e. The molecule has 0 aliphatic carbocycles. The summed E-state index contributed by atoms with van der Waals surface area (Å²) >= 11 is 1.55. The number of aryl methyl sites for hydroxylation is 1. The monoisotopic (exact) mass is 581 g/mol. The van der Waals surface area contributed by atoms with Gasteiger partial charge >= 0.3 is 5.97 Å². The number of benzene rings is 2. The minimum Gasteiger partial charge on any atom is -0.488 e. The number of rotatable bonds is 7. The predicted molar refractivity (Wildman–Crippen MR) is 160 cm³/mol. The number of piperidine rings is 1. The van der Waals surface area contributed by atoms with Crippen LogP contribution in [-0.2, 0) is 33.7 Å².